The summed E-state index contributed by atoms with van der Waals surface area (Å²) in [5.74, 6) is -1.15. The molecular formula is C11H10BrN3O4S. The first-order valence-electron chi connectivity index (χ1n) is 5.36. The van der Waals surface area contributed by atoms with Gasteiger partial charge in [-0.15, -0.1) is 0 Å². The van der Waals surface area contributed by atoms with Gasteiger partial charge < -0.3 is 5.11 Å². The maximum Gasteiger partial charge on any atom is 0.335 e. The zero-order chi connectivity index (χ0) is 14.9. The Kier molecular flexibility index (Phi) is 3.82. The summed E-state index contributed by atoms with van der Waals surface area (Å²) in [5, 5.41) is 15.1. The van der Waals surface area contributed by atoms with Crippen LogP contribution in [0.2, 0.25) is 0 Å². The second kappa shape index (κ2) is 5.25. The standard InChI is InChI=1S/C11H10BrN3O4S/c1-6-10(5-13-14-6)20(18,19)15-9-3-7(11(16)17)2-8(12)4-9/h2-5,15H,1H3,(H,13,14)(H,16,17). The summed E-state index contributed by atoms with van der Waals surface area (Å²) in [4.78, 5) is 10.9. The quantitative estimate of drug-likeness (QED) is 0.772. The Bertz CT molecular complexity index is 770. The lowest BCUT2D eigenvalue weighted by Crippen LogP contribution is -2.14. The molecule has 0 aliphatic heterocycles. The van der Waals surface area contributed by atoms with Crippen molar-refractivity contribution in [1.29, 1.82) is 0 Å². The summed E-state index contributed by atoms with van der Waals surface area (Å²) in [6.45, 7) is 1.57. The fraction of sp³-hybridized carbons (Fsp3) is 0.0909. The highest BCUT2D eigenvalue weighted by Gasteiger charge is 2.19. The number of hydrogen-bond acceptors (Lipinski definition) is 4. The minimum Gasteiger partial charge on any atom is -0.478 e. The van der Waals surface area contributed by atoms with E-state index in [0.717, 1.165) is 0 Å². The Balaban J connectivity index is 2.40. The van der Waals surface area contributed by atoms with E-state index >= 15 is 0 Å². The van der Waals surface area contributed by atoms with Crippen molar-refractivity contribution in [1.82, 2.24) is 10.2 Å². The van der Waals surface area contributed by atoms with E-state index in [2.05, 4.69) is 30.8 Å². The first-order valence-corrected chi connectivity index (χ1v) is 7.64. The van der Waals surface area contributed by atoms with Crippen LogP contribution in [-0.2, 0) is 10.0 Å². The molecule has 2 rings (SSSR count). The number of carboxylic acid groups (broad SMARTS) is 1. The monoisotopic (exact) mass is 359 g/mol. The van der Waals surface area contributed by atoms with E-state index in [9.17, 15) is 13.2 Å². The van der Waals surface area contributed by atoms with Crippen molar-refractivity contribution in [3.05, 3.63) is 40.1 Å². The molecule has 0 amide bonds. The van der Waals surface area contributed by atoms with Gasteiger partial charge in [-0.1, -0.05) is 15.9 Å². The number of aromatic carboxylic acids is 1. The summed E-state index contributed by atoms with van der Waals surface area (Å²) < 4.78 is 27.1. The summed E-state index contributed by atoms with van der Waals surface area (Å²) in [6.07, 6.45) is 1.19. The summed E-state index contributed by atoms with van der Waals surface area (Å²) in [7, 11) is -3.82. The molecule has 0 radical (unpaired) electrons. The molecule has 1 heterocycles. The van der Waals surface area contributed by atoms with Crippen molar-refractivity contribution in [2.24, 2.45) is 0 Å². The SMILES string of the molecule is Cc1[nH]ncc1S(=O)(=O)Nc1cc(Br)cc(C(=O)O)c1. The van der Waals surface area contributed by atoms with Gasteiger partial charge in [0.15, 0.2) is 0 Å². The Morgan fingerprint density at radius 3 is 2.65 bits per heavy atom. The van der Waals surface area contributed by atoms with Crippen LogP contribution >= 0.6 is 15.9 Å². The number of benzene rings is 1. The molecule has 0 aliphatic carbocycles. The van der Waals surface area contributed by atoms with Gasteiger partial charge in [0.05, 0.1) is 23.1 Å². The molecule has 2 aromatic rings. The molecule has 0 bridgehead atoms. The maximum absolute atomic E-state index is 12.1. The fourth-order valence-corrected chi connectivity index (χ4v) is 3.26. The third kappa shape index (κ3) is 2.99. The lowest BCUT2D eigenvalue weighted by molar-refractivity contribution is 0.0697. The van der Waals surface area contributed by atoms with E-state index < -0.39 is 16.0 Å². The minimum absolute atomic E-state index is 0.00866. The molecule has 0 aliphatic rings. The number of aromatic amines is 1. The smallest absolute Gasteiger partial charge is 0.335 e. The Labute approximate surface area is 123 Å². The van der Waals surface area contributed by atoms with Crippen LogP contribution in [0.15, 0.2) is 33.8 Å². The van der Waals surface area contributed by atoms with Crippen LogP contribution in [0.3, 0.4) is 0 Å². The van der Waals surface area contributed by atoms with Crippen molar-refractivity contribution < 1.29 is 18.3 Å². The highest BCUT2D eigenvalue weighted by atomic mass is 79.9. The number of halogens is 1. The average molecular weight is 360 g/mol. The average Bonchev–Trinajstić information content (AvgIpc) is 2.74. The van der Waals surface area contributed by atoms with E-state index in [1.807, 2.05) is 0 Å². The van der Waals surface area contributed by atoms with Crippen LogP contribution in [0.5, 0.6) is 0 Å². The van der Waals surface area contributed by atoms with Gasteiger partial charge in [-0.3, -0.25) is 9.82 Å². The second-order valence-corrected chi connectivity index (χ2v) is 6.56. The number of carbonyl (C=O) groups is 1. The number of hydrogen-bond donors (Lipinski definition) is 3. The number of rotatable bonds is 4. The third-order valence-electron chi connectivity index (χ3n) is 2.47. The Morgan fingerprint density at radius 1 is 1.40 bits per heavy atom. The van der Waals surface area contributed by atoms with Crippen molar-refractivity contribution >= 4 is 37.6 Å². The Morgan fingerprint density at radius 2 is 2.10 bits per heavy atom. The molecular weight excluding hydrogens is 350 g/mol. The van der Waals surface area contributed by atoms with Crippen molar-refractivity contribution in [3.8, 4) is 0 Å². The molecule has 0 saturated heterocycles. The molecule has 0 atom stereocenters. The molecule has 20 heavy (non-hydrogen) atoms. The molecule has 7 nitrogen and oxygen atoms in total. The molecule has 0 saturated carbocycles. The maximum atomic E-state index is 12.1. The topological polar surface area (TPSA) is 112 Å². The lowest BCUT2D eigenvalue weighted by atomic mass is 10.2. The van der Waals surface area contributed by atoms with Crippen molar-refractivity contribution in [2.45, 2.75) is 11.8 Å². The van der Waals surface area contributed by atoms with Crippen LogP contribution in [0.1, 0.15) is 16.1 Å². The highest BCUT2D eigenvalue weighted by molar-refractivity contribution is 9.10. The zero-order valence-electron chi connectivity index (χ0n) is 10.2. The first-order chi connectivity index (χ1) is 9.29. The van der Waals surface area contributed by atoms with Gasteiger partial charge in [-0.2, -0.15) is 5.10 Å². The predicted octanol–water partition coefficient (Wildman–Crippen LogP) is 1.98. The highest BCUT2D eigenvalue weighted by Crippen LogP contribution is 2.23. The summed E-state index contributed by atoms with van der Waals surface area (Å²) in [5.41, 5.74) is 0.518. The van der Waals surface area contributed by atoms with Crippen molar-refractivity contribution in [2.75, 3.05) is 4.72 Å². The molecule has 106 valence electrons. The summed E-state index contributed by atoms with van der Waals surface area (Å²) >= 11 is 3.14. The number of H-pyrrole nitrogens is 1. The molecule has 0 fully saturated rings. The number of sulfonamides is 1. The van der Waals surface area contributed by atoms with Crippen molar-refractivity contribution in [3.63, 3.8) is 0 Å². The van der Waals surface area contributed by atoms with Crippen LogP contribution < -0.4 is 4.72 Å². The first kappa shape index (κ1) is 14.5. The van der Waals surface area contributed by atoms with Gasteiger partial charge in [-0.05, 0) is 25.1 Å². The number of aryl methyl sites for hydroxylation is 1. The normalized spacial score (nSPS) is 11.3. The number of anilines is 1. The van der Waals surface area contributed by atoms with Crippen LogP contribution in [0.4, 0.5) is 5.69 Å². The van der Waals surface area contributed by atoms with Gasteiger partial charge >= 0.3 is 5.97 Å². The fourth-order valence-electron chi connectivity index (χ4n) is 1.59. The van der Waals surface area contributed by atoms with E-state index in [1.54, 1.807) is 6.92 Å². The van der Waals surface area contributed by atoms with E-state index in [4.69, 9.17) is 5.11 Å². The zero-order valence-corrected chi connectivity index (χ0v) is 12.6. The largest absolute Gasteiger partial charge is 0.478 e. The van der Waals surface area contributed by atoms with Gasteiger partial charge in [0.1, 0.15) is 4.90 Å². The van der Waals surface area contributed by atoms with E-state index in [-0.39, 0.29) is 16.1 Å². The van der Waals surface area contributed by atoms with Gasteiger partial charge in [0, 0.05) is 4.47 Å². The third-order valence-corrected chi connectivity index (χ3v) is 4.42. The van der Waals surface area contributed by atoms with E-state index in [1.165, 1.54) is 24.4 Å². The van der Waals surface area contributed by atoms with Crippen LogP contribution in [-0.4, -0.2) is 29.7 Å². The molecule has 3 N–H and O–H groups in total. The van der Waals surface area contributed by atoms with E-state index in [0.29, 0.717) is 10.2 Å². The molecule has 1 aromatic heterocycles. The molecule has 9 heteroatoms. The minimum atomic E-state index is -3.82. The predicted molar refractivity (Wildman–Crippen MR) is 75.2 cm³/mol. The van der Waals surface area contributed by atoms with Gasteiger partial charge in [-0.25, -0.2) is 13.2 Å². The van der Waals surface area contributed by atoms with Crippen LogP contribution in [0, 0.1) is 6.92 Å². The lowest BCUT2D eigenvalue weighted by Gasteiger charge is -2.08. The second-order valence-electron chi connectivity index (χ2n) is 4.00. The Hall–Kier alpha value is -1.87. The van der Waals surface area contributed by atoms with Gasteiger partial charge in [0.2, 0.25) is 0 Å². The number of nitrogens with zero attached hydrogens (tertiary/aromatic N) is 1. The molecule has 0 spiro atoms. The van der Waals surface area contributed by atoms with Gasteiger partial charge in [0.25, 0.3) is 10.0 Å². The number of aromatic nitrogens is 2. The number of carboxylic acids is 1. The molecule has 0 unspecified atom stereocenters. The number of nitrogens with one attached hydrogen (secondary N) is 2. The summed E-state index contributed by atoms with van der Waals surface area (Å²) in [6, 6.07) is 4.09. The van der Waals surface area contributed by atoms with Crippen LogP contribution in [0.25, 0.3) is 0 Å². The molecule has 1 aromatic carbocycles.